The van der Waals surface area contributed by atoms with Crippen LogP contribution in [-0.4, -0.2) is 11.5 Å². The predicted molar refractivity (Wildman–Crippen MR) is 83.8 cm³/mol. The minimum Gasteiger partial charge on any atom is -0.361 e. The van der Waals surface area contributed by atoms with Crippen LogP contribution in [0, 0.1) is 5.82 Å². The molecule has 0 aliphatic heterocycles. The van der Waals surface area contributed by atoms with Gasteiger partial charge in [-0.25, -0.2) is 9.37 Å². The third-order valence-corrected chi connectivity index (χ3v) is 5.30. The van der Waals surface area contributed by atoms with Crippen molar-refractivity contribution in [2.24, 2.45) is 0 Å². The Bertz CT molecular complexity index is 708. The first kappa shape index (κ1) is 13.0. The van der Waals surface area contributed by atoms with Gasteiger partial charge in [0.25, 0.3) is 0 Å². The lowest BCUT2D eigenvalue weighted by atomic mass is 10.3. The molecule has 3 aromatic rings. The summed E-state index contributed by atoms with van der Waals surface area (Å²) in [5.74, 6) is -0.243. The Labute approximate surface area is 126 Å². The van der Waals surface area contributed by atoms with Crippen molar-refractivity contribution in [2.75, 3.05) is 11.9 Å². The molecule has 0 bridgehead atoms. The molecule has 0 spiro atoms. The number of anilines is 1. The molecule has 1 N–H and O–H groups in total. The van der Waals surface area contributed by atoms with Gasteiger partial charge in [0.1, 0.15) is 5.82 Å². The van der Waals surface area contributed by atoms with Crippen molar-refractivity contribution in [3.63, 3.8) is 0 Å². The summed E-state index contributed by atoms with van der Waals surface area (Å²) in [6.45, 7) is 0.829. The van der Waals surface area contributed by atoms with Crippen LogP contribution >= 0.6 is 38.6 Å². The summed E-state index contributed by atoms with van der Waals surface area (Å²) in [5.41, 5.74) is 0.714. The number of benzene rings is 1. The van der Waals surface area contributed by atoms with Gasteiger partial charge in [0.05, 0.1) is 14.0 Å². The van der Waals surface area contributed by atoms with Crippen LogP contribution < -0.4 is 5.32 Å². The normalized spacial score (nSPS) is 11.1. The second-order valence-electron chi connectivity index (χ2n) is 4.01. The zero-order chi connectivity index (χ0) is 13.2. The number of hydrogen-bond donors (Lipinski definition) is 1. The standard InChI is InChI=1S/C13H10BrFN2S2/c14-12-4-2-9(18-12)5-6-16-13-17-10-7-8(15)1-3-11(10)19-13/h1-4,7H,5-6H2,(H,16,17). The van der Waals surface area contributed by atoms with Crippen molar-refractivity contribution in [1.82, 2.24) is 4.98 Å². The highest BCUT2D eigenvalue weighted by molar-refractivity contribution is 9.11. The molecule has 0 aliphatic carbocycles. The van der Waals surface area contributed by atoms with Crippen molar-refractivity contribution in [1.29, 1.82) is 0 Å². The minimum atomic E-state index is -0.243. The summed E-state index contributed by atoms with van der Waals surface area (Å²) >= 11 is 6.74. The molecule has 0 unspecified atom stereocenters. The van der Waals surface area contributed by atoms with Crippen molar-refractivity contribution in [3.05, 3.63) is 44.8 Å². The lowest BCUT2D eigenvalue weighted by Gasteiger charge is -1.99. The molecule has 0 atom stereocenters. The first-order valence-corrected chi connectivity index (χ1v) is 8.17. The fourth-order valence-electron chi connectivity index (χ4n) is 1.75. The lowest BCUT2D eigenvalue weighted by Crippen LogP contribution is -2.03. The average Bonchev–Trinajstić information content (AvgIpc) is 2.95. The van der Waals surface area contributed by atoms with E-state index in [1.54, 1.807) is 28.7 Å². The molecule has 2 aromatic heterocycles. The van der Waals surface area contributed by atoms with Gasteiger partial charge in [0, 0.05) is 17.5 Å². The van der Waals surface area contributed by atoms with Gasteiger partial charge in [-0.15, -0.1) is 11.3 Å². The van der Waals surface area contributed by atoms with Crippen LogP contribution in [0.2, 0.25) is 0 Å². The van der Waals surface area contributed by atoms with Gasteiger partial charge in [-0.2, -0.15) is 0 Å². The highest BCUT2D eigenvalue weighted by Gasteiger charge is 2.04. The van der Waals surface area contributed by atoms with E-state index in [0.717, 1.165) is 26.6 Å². The number of rotatable bonds is 4. The van der Waals surface area contributed by atoms with E-state index in [0.29, 0.717) is 5.52 Å². The Morgan fingerprint density at radius 3 is 2.89 bits per heavy atom. The van der Waals surface area contributed by atoms with E-state index in [9.17, 15) is 4.39 Å². The summed E-state index contributed by atoms with van der Waals surface area (Å²) in [7, 11) is 0. The highest BCUT2D eigenvalue weighted by Crippen LogP contribution is 2.27. The second kappa shape index (κ2) is 5.56. The van der Waals surface area contributed by atoms with Gasteiger partial charge in [-0.1, -0.05) is 11.3 Å². The third kappa shape index (κ3) is 3.13. The summed E-state index contributed by atoms with van der Waals surface area (Å²) < 4.78 is 15.2. The van der Waals surface area contributed by atoms with Crippen LogP contribution in [0.25, 0.3) is 10.2 Å². The quantitative estimate of drug-likeness (QED) is 0.717. The maximum Gasteiger partial charge on any atom is 0.183 e. The molecular weight excluding hydrogens is 347 g/mol. The van der Waals surface area contributed by atoms with Gasteiger partial charge in [-0.3, -0.25) is 0 Å². The van der Waals surface area contributed by atoms with Crippen LogP contribution in [0.4, 0.5) is 9.52 Å². The van der Waals surface area contributed by atoms with Crippen LogP contribution in [0.1, 0.15) is 4.88 Å². The van der Waals surface area contributed by atoms with Gasteiger partial charge in [0.15, 0.2) is 5.13 Å². The monoisotopic (exact) mass is 356 g/mol. The van der Waals surface area contributed by atoms with Crippen LogP contribution in [-0.2, 0) is 6.42 Å². The molecular formula is C13H10BrFN2S2. The van der Waals surface area contributed by atoms with E-state index in [1.807, 2.05) is 0 Å². The number of halogens is 2. The van der Waals surface area contributed by atoms with Crippen LogP contribution in [0.5, 0.6) is 0 Å². The van der Waals surface area contributed by atoms with Gasteiger partial charge in [-0.05, 0) is 46.6 Å². The zero-order valence-corrected chi connectivity index (χ0v) is 13.0. The molecule has 6 heteroatoms. The van der Waals surface area contributed by atoms with Crippen molar-refractivity contribution in [3.8, 4) is 0 Å². The van der Waals surface area contributed by atoms with Crippen LogP contribution in [0.15, 0.2) is 34.1 Å². The van der Waals surface area contributed by atoms with Crippen molar-refractivity contribution < 1.29 is 4.39 Å². The maximum atomic E-state index is 13.1. The fourth-order valence-corrected chi connectivity index (χ4v) is 4.11. The number of aromatic nitrogens is 1. The van der Waals surface area contributed by atoms with Crippen molar-refractivity contribution >= 4 is 54.0 Å². The molecule has 0 fully saturated rings. The van der Waals surface area contributed by atoms with E-state index in [-0.39, 0.29) is 5.82 Å². The average molecular weight is 357 g/mol. The SMILES string of the molecule is Fc1ccc2sc(NCCc3ccc(Br)s3)nc2c1. The highest BCUT2D eigenvalue weighted by atomic mass is 79.9. The first-order valence-electron chi connectivity index (χ1n) is 5.75. The van der Waals surface area contributed by atoms with Gasteiger partial charge >= 0.3 is 0 Å². The number of thiazole rings is 1. The van der Waals surface area contributed by atoms with Gasteiger partial charge in [0.2, 0.25) is 0 Å². The van der Waals surface area contributed by atoms with Crippen molar-refractivity contribution in [2.45, 2.75) is 6.42 Å². The Balaban J connectivity index is 1.65. The zero-order valence-electron chi connectivity index (χ0n) is 9.82. The largest absolute Gasteiger partial charge is 0.361 e. The lowest BCUT2D eigenvalue weighted by molar-refractivity contribution is 0.629. The Hall–Kier alpha value is -0.980. The number of fused-ring (bicyclic) bond motifs is 1. The summed E-state index contributed by atoms with van der Waals surface area (Å²) in [6, 6.07) is 8.87. The maximum absolute atomic E-state index is 13.1. The Morgan fingerprint density at radius 1 is 1.21 bits per heavy atom. The summed E-state index contributed by atoms with van der Waals surface area (Å²) in [4.78, 5) is 5.70. The van der Waals surface area contributed by atoms with Crippen LogP contribution in [0.3, 0.4) is 0 Å². The van der Waals surface area contributed by atoms with E-state index in [4.69, 9.17) is 0 Å². The topological polar surface area (TPSA) is 24.9 Å². The molecule has 2 nitrogen and oxygen atoms in total. The van der Waals surface area contributed by atoms with Gasteiger partial charge < -0.3 is 5.32 Å². The Kier molecular flexibility index (Phi) is 3.81. The van der Waals surface area contributed by atoms with E-state index < -0.39 is 0 Å². The van der Waals surface area contributed by atoms with E-state index >= 15 is 0 Å². The number of nitrogens with zero attached hydrogens (tertiary/aromatic N) is 1. The number of nitrogens with one attached hydrogen (secondary N) is 1. The van der Waals surface area contributed by atoms with E-state index in [2.05, 4.69) is 38.4 Å². The molecule has 0 saturated heterocycles. The molecule has 2 heterocycles. The minimum absolute atomic E-state index is 0.243. The molecule has 0 saturated carbocycles. The van der Waals surface area contributed by atoms with E-state index in [1.165, 1.54) is 17.0 Å². The molecule has 0 aliphatic rings. The molecule has 1 aromatic carbocycles. The summed E-state index contributed by atoms with van der Waals surface area (Å²) in [5, 5.41) is 4.13. The third-order valence-electron chi connectivity index (χ3n) is 2.63. The predicted octanol–water partition coefficient (Wildman–Crippen LogP) is 4.91. The molecule has 98 valence electrons. The Morgan fingerprint density at radius 2 is 2.11 bits per heavy atom. The summed E-state index contributed by atoms with van der Waals surface area (Å²) in [6.07, 6.45) is 0.959. The molecule has 0 amide bonds. The molecule has 19 heavy (non-hydrogen) atoms. The number of thiophene rings is 1. The fraction of sp³-hybridized carbons (Fsp3) is 0.154. The number of hydrogen-bond acceptors (Lipinski definition) is 4. The molecule has 0 radical (unpaired) electrons. The molecule has 3 rings (SSSR count). The second-order valence-corrected chi connectivity index (χ2v) is 7.59. The smallest absolute Gasteiger partial charge is 0.183 e. The first-order chi connectivity index (χ1) is 9.20.